The van der Waals surface area contributed by atoms with Crippen molar-refractivity contribution in [2.45, 2.75) is 56.5 Å². The van der Waals surface area contributed by atoms with Gasteiger partial charge in [0.05, 0.1) is 36.9 Å². The summed E-state index contributed by atoms with van der Waals surface area (Å²) in [4.78, 5) is 36.3. The van der Waals surface area contributed by atoms with Crippen LogP contribution in [0.2, 0.25) is 0 Å². The van der Waals surface area contributed by atoms with Crippen LogP contribution in [0.1, 0.15) is 42.5 Å². The van der Waals surface area contributed by atoms with Crippen molar-refractivity contribution in [3.05, 3.63) is 42.0 Å². The summed E-state index contributed by atoms with van der Waals surface area (Å²) in [6.07, 6.45) is 2.93. The van der Waals surface area contributed by atoms with Crippen LogP contribution in [0.3, 0.4) is 0 Å². The number of benzene rings is 2. The number of carbonyl (C=O) groups excluding carboxylic acids is 2. The molecule has 2 amide bonds. The van der Waals surface area contributed by atoms with Gasteiger partial charge in [-0.15, -0.1) is 0 Å². The van der Waals surface area contributed by atoms with Gasteiger partial charge in [0.2, 0.25) is 0 Å². The van der Waals surface area contributed by atoms with Gasteiger partial charge in [-0.25, -0.2) is 14.2 Å². The highest BCUT2D eigenvalue weighted by molar-refractivity contribution is 6.00. The number of nitrogens with zero attached hydrogens (tertiary/aromatic N) is 6. The molecule has 12 heteroatoms. The third-order valence-corrected chi connectivity index (χ3v) is 10.6. The molecule has 0 bridgehead atoms. The smallest absolute Gasteiger partial charge is 0.410 e. The Morgan fingerprint density at radius 3 is 2.60 bits per heavy atom. The lowest BCUT2D eigenvalue weighted by Gasteiger charge is -2.38. The number of aromatic nitrogens is 3. The van der Waals surface area contributed by atoms with Crippen LogP contribution >= 0.6 is 0 Å². The lowest BCUT2D eigenvalue weighted by atomic mass is 9.91. The van der Waals surface area contributed by atoms with Crippen LogP contribution < -0.4 is 15.4 Å². The molecule has 4 fully saturated rings. The summed E-state index contributed by atoms with van der Waals surface area (Å²) in [6.45, 7) is 3.55. The average molecular weight is 644 g/mol. The van der Waals surface area contributed by atoms with Gasteiger partial charge in [0.1, 0.15) is 23.0 Å². The molecule has 1 aliphatic carbocycles. The molecule has 4 aliphatic rings. The molecular weight excluding hydrogens is 601 g/mol. The molecule has 0 unspecified atom stereocenters. The topological polar surface area (TPSA) is 111 Å². The van der Waals surface area contributed by atoms with Gasteiger partial charge in [-0.1, -0.05) is 6.07 Å². The van der Waals surface area contributed by atoms with Crippen molar-refractivity contribution in [3.8, 4) is 17.3 Å². The van der Waals surface area contributed by atoms with Crippen molar-refractivity contribution in [2.24, 2.45) is 18.7 Å². The van der Waals surface area contributed by atoms with Crippen molar-refractivity contribution < 1.29 is 23.5 Å². The van der Waals surface area contributed by atoms with Crippen molar-refractivity contribution in [1.82, 2.24) is 23.9 Å². The number of nitrogens with two attached hydrogens (primary N) is 1. The molecule has 2 N–H and O–H groups in total. The highest BCUT2D eigenvalue weighted by Gasteiger charge is 2.45. The van der Waals surface area contributed by atoms with Crippen LogP contribution in [0.4, 0.5) is 14.9 Å². The van der Waals surface area contributed by atoms with E-state index >= 15 is 0 Å². The highest BCUT2D eigenvalue weighted by atomic mass is 19.1. The van der Waals surface area contributed by atoms with Crippen molar-refractivity contribution in [2.75, 3.05) is 51.8 Å². The number of methoxy groups -OCH3 is 1. The van der Waals surface area contributed by atoms with Crippen LogP contribution in [-0.2, 0) is 18.3 Å². The maximum Gasteiger partial charge on any atom is 0.410 e. The van der Waals surface area contributed by atoms with Crippen molar-refractivity contribution in [1.29, 1.82) is 0 Å². The van der Waals surface area contributed by atoms with Gasteiger partial charge in [-0.2, -0.15) is 0 Å². The van der Waals surface area contributed by atoms with Crippen LogP contribution in [-0.4, -0.2) is 101 Å². The molecule has 11 nitrogen and oxygen atoms in total. The highest BCUT2D eigenvalue weighted by Crippen LogP contribution is 2.40. The minimum atomic E-state index is -1.13. The number of anilines is 1. The first-order valence-electron chi connectivity index (χ1n) is 16.7. The molecule has 248 valence electrons. The van der Waals surface area contributed by atoms with E-state index in [0.717, 1.165) is 66.1 Å². The number of ether oxygens (including phenoxy) is 2. The van der Waals surface area contributed by atoms with E-state index in [1.54, 1.807) is 31.2 Å². The summed E-state index contributed by atoms with van der Waals surface area (Å²) in [5.74, 6) is 1.68. The number of hydrogen-bond donors (Lipinski definition) is 1. The minimum absolute atomic E-state index is 0.0344. The standard InChI is InChI=1S/C35H42FN7O4/c1-39-20-35(47-34(39)45)8-10-41(11-9-35)26-7-6-22-13-29(43(28(22)16-26)17-21-4-5-21)32-38-27-12-23(14-30(46-3)31(27)40(32)2)33(44)42-18-24(36)15-25(37)19-42/h6-7,12-14,16,21,24-25H,4-5,8-11,15,17-20,37H2,1-3H3/t24-,25-/m1/s1. The first-order chi connectivity index (χ1) is 22.6. The molecular formula is C35H42FN7O4. The van der Waals surface area contributed by atoms with E-state index in [4.69, 9.17) is 20.2 Å². The Morgan fingerprint density at radius 1 is 1.13 bits per heavy atom. The molecule has 1 spiro atoms. The summed E-state index contributed by atoms with van der Waals surface area (Å²) < 4.78 is 30.3. The van der Waals surface area contributed by atoms with Crippen LogP contribution in [0.15, 0.2) is 36.4 Å². The normalized spacial score (nSPS) is 22.9. The molecule has 47 heavy (non-hydrogen) atoms. The summed E-state index contributed by atoms with van der Waals surface area (Å²) >= 11 is 0. The zero-order valence-electron chi connectivity index (χ0n) is 27.2. The van der Waals surface area contributed by atoms with E-state index in [0.29, 0.717) is 35.8 Å². The third-order valence-electron chi connectivity index (χ3n) is 10.6. The molecule has 2 atom stereocenters. The molecule has 4 aromatic rings. The van der Waals surface area contributed by atoms with E-state index < -0.39 is 6.17 Å². The number of alkyl halides is 1. The zero-order valence-corrected chi connectivity index (χ0v) is 27.2. The number of piperidine rings is 2. The zero-order chi connectivity index (χ0) is 32.6. The van der Waals surface area contributed by atoms with Gasteiger partial charge in [0.25, 0.3) is 5.91 Å². The monoisotopic (exact) mass is 643 g/mol. The second-order valence-corrected chi connectivity index (χ2v) is 14.1. The quantitative estimate of drug-likeness (QED) is 0.328. The predicted molar refractivity (Wildman–Crippen MR) is 178 cm³/mol. The lowest BCUT2D eigenvalue weighted by molar-refractivity contribution is 0.0367. The molecule has 2 aromatic carbocycles. The van der Waals surface area contributed by atoms with E-state index in [2.05, 4.69) is 33.7 Å². The van der Waals surface area contributed by atoms with E-state index in [1.807, 2.05) is 11.6 Å². The van der Waals surface area contributed by atoms with Crippen LogP contribution in [0.5, 0.6) is 5.75 Å². The molecule has 1 saturated carbocycles. The second-order valence-electron chi connectivity index (χ2n) is 14.1. The molecule has 5 heterocycles. The number of aryl methyl sites for hydroxylation is 1. The number of carbonyl (C=O) groups is 2. The van der Waals surface area contributed by atoms with Crippen molar-refractivity contribution >= 4 is 39.6 Å². The van der Waals surface area contributed by atoms with Crippen LogP contribution in [0, 0.1) is 5.92 Å². The van der Waals surface area contributed by atoms with Gasteiger partial charge >= 0.3 is 6.09 Å². The fourth-order valence-corrected chi connectivity index (χ4v) is 7.85. The Hall–Kier alpha value is -4.32. The Labute approximate surface area is 273 Å². The summed E-state index contributed by atoms with van der Waals surface area (Å²) in [5, 5.41) is 1.14. The molecule has 8 rings (SSSR count). The van der Waals surface area contributed by atoms with E-state index in [9.17, 15) is 14.0 Å². The first kappa shape index (κ1) is 30.0. The second kappa shape index (κ2) is 11.1. The predicted octanol–water partition coefficient (Wildman–Crippen LogP) is 4.55. The minimum Gasteiger partial charge on any atom is -0.494 e. The Kier molecular flexibility index (Phi) is 7.12. The van der Waals surface area contributed by atoms with Crippen molar-refractivity contribution in [3.63, 3.8) is 0 Å². The maximum absolute atomic E-state index is 14.3. The molecule has 0 radical (unpaired) electrons. The number of hydrogen-bond acceptors (Lipinski definition) is 7. The summed E-state index contributed by atoms with van der Waals surface area (Å²) in [5.41, 5.74) is 10.8. The van der Waals surface area contributed by atoms with Gasteiger partial charge in [-0.05, 0) is 55.5 Å². The number of amides is 2. The van der Waals surface area contributed by atoms with Gasteiger partial charge in [-0.3, -0.25) is 4.79 Å². The average Bonchev–Trinajstić information content (AvgIpc) is 3.64. The first-order valence-corrected chi connectivity index (χ1v) is 16.7. The fraction of sp³-hybridized carbons (Fsp3) is 0.514. The van der Waals surface area contributed by atoms with Gasteiger partial charge in [0.15, 0.2) is 5.82 Å². The number of halogens is 1. The Morgan fingerprint density at radius 2 is 1.91 bits per heavy atom. The summed E-state index contributed by atoms with van der Waals surface area (Å²) in [6, 6.07) is 12.0. The van der Waals surface area contributed by atoms with Gasteiger partial charge < -0.3 is 39.0 Å². The van der Waals surface area contributed by atoms with Crippen LogP contribution in [0.25, 0.3) is 33.5 Å². The Balaban J connectivity index is 1.15. The fourth-order valence-electron chi connectivity index (χ4n) is 7.85. The number of imidazole rings is 1. The number of fused-ring (bicyclic) bond motifs is 2. The van der Waals surface area contributed by atoms with E-state index in [1.165, 1.54) is 17.7 Å². The number of rotatable bonds is 6. The third kappa shape index (κ3) is 5.26. The SMILES string of the molecule is COc1cc(C(=O)N2C[C@H](N)C[C@@H](F)C2)cc2nc(-c3cc4ccc(N5CCC6(CC5)CN(C)C(=O)O6)cc4n3CC3CC3)n(C)c12. The molecule has 3 aliphatic heterocycles. The lowest BCUT2D eigenvalue weighted by Crippen LogP contribution is -2.50. The molecule has 3 saturated heterocycles. The Bertz CT molecular complexity index is 1880. The molecule has 2 aromatic heterocycles. The summed E-state index contributed by atoms with van der Waals surface area (Å²) in [7, 11) is 5.37. The largest absolute Gasteiger partial charge is 0.494 e. The number of likely N-dealkylation sites (N-methyl/N-ethyl adjacent to an activating group) is 1. The van der Waals surface area contributed by atoms with Gasteiger partial charge in [0, 0.05) is 75.8 Å². The number of likely N-dealkylation sites (tertiary alicyclic amines) is 1. The van der Waals surface area contributed by atoms with E-state index in [-0.39, 0.29) is 36.6 Å². The maximum atomic E-state index is 14.3.